The number of halogens is 1. The molecule has 0 spiro atoms. The molecule has 112 valence electrons. The molecule has 1 N–H and O–H groups in total. The van der Waals surface area contributed by atoms with Crippen molar-refractivity contribution in [3.05, 3.63) is 27.7 Å². The standard InChI is InChI=1S/C16H19BrN2OS/c17-11-3-4-14-15(8-11)21-16(18-14)10-6-13(7-10)19-5-1-2-12(19)9-20/h3-4,8,10,12-13,20H,1-2,5-7,9H2/t10-,12-,13+/m0/s1. The molecular formula is C16H19BrN2OS. The maximum atomic E-state index is 9.45. The Morgan fingerprint density at radius 3 is 3.05 bits per heavy atom. The van der Waals surface area contributed by atoms with Gasteiger partial charge in [0, 0.05) is 22.5 Å². The van der Waals surface area contributed by atoms with E-state index in [4.69, 9.17) is 4.98 Å². The average molecular weight is 367 g/mol. The van der Waals surface area contributed by atoms with E-state index in [-0.39, 0.29) is 0 Å². The Balaban J connectivity index is 1.46. The van der Waals surface area contributed by atoms with Crippen LogP contribution in [0.5, 0.6) is 0 Å². The molecule has 4 rings (SSSR count). The minimum absolute atomic E-state index is 0.316. The van der Waals surface area contributed by atoms with E-state index in [1.54, 1.807) is 0 Å². The van der Waals surface area contributed by atoms with Crippen LogP contribution in [-0.2, 0) is 0 Å². The lowest BCUT2D eigenvalue weighted by atomic mass is 9.79. The Labute approximate surface area is 137 Å². The van der Waals surface area contributed by atoms with Crippen molar-refractivity contribution in [2.45, 2.75) is 43.7 Å². The molecule has 2 aromatic rings. The molecule has 2 fully saturated rings. The third-order valence-corrected chi connectivity index (χ3v) is 6.61. The van der Waals surface area contributed by atoms with Crippen LogP contribution in [0.15, 0.2) is 22.7 Å². The lowest BCUT2D eigenvalue weighted by Crippen LogP contribution is -2.47. The van der Waals surface area contributed by atoms with Crippen LogP contribution >= 0.6 is 27.3 Å². The Morgan fingerprint density at radius 2 is 2.24 bits per heavy atom. The molecule has 1 atom stereocenters. The van der Waals surface area contributed by atoms with E-state index in [1.165, 1.54) is 29.0 Å². The van der Waals surface area contributed by atoms with Crippen molar-refractivity contribution in [2.24, 2.45) is 0 Å². The Hall–Kier alpha value is -0.490. The summed E-state index contributed by atoms with van der Waals surface area (Å²) in [4.78, 5) is 7.33. The molecule has 1 aromatic carbocycles. The maximum Gasteiger partial charge on any atom is 0.0970 e. The van der Waals surface area contributed by atoms with Crippen LogP contribution in [0.25, 0.3) is 10.2 Å². The van der Waals surface area contributed by atoms with E-state index < -0.39 is 0 Å². The van der Waals surface area contributed by atoms with Crippen molar-refractivity contribution in [3.8, 4) is 0 Å². The number of nitrogens with zero attached hydrogens (tertiary/aromatic N) is 2. The molecule has 1 aromatic heterocycles. The second-order valence-corrected chi connectivity index (χ2v) is 8.18. The average Bonchev–Trinajstić information content (AvgIpc) is 3.03. The fraction of sp³-hybridized carbons (Fsp3) is 0.562. The summed E-state index contributed by atoms with van der Waals surface area (Å²) >= 11 is 5.36. The number of benzene rings is 1. The van der Waals surface area contributed by atoms with Crippen LogP contribution in [-0.4, -0.2) is 40.2 Å². The highest BCUT2D eigenvalue weighted by Crippen LogP contribution is 2.44. The molecule has 2 heterocycles. The topological polar surface area (TPSA) is 36.4 Å². The summed E-state index contributed by atoms with van der Waals surface area (Å²) in [6, 6.07) is 7.38. The van der Waals surface area contributed by atoms with Gasteiger partial charge in [0.15, 0.2) is 0 Å². The summed E-state index contributed by atoms with van der Waals surface area (Å²) in [5.41, 5.74) is 1.12. The molecule has 3 nitrogen and oxygen atoms in total. The van der Waals surface area contributed by atoms with E-state index >= 15 is 0 Å². The highest BCUT2D eigenvalue weighted by atomic mass is 79.9. The van der Waals surface area contributed by atoms with E-state index in [9.17, 15) is 5.11 Å². The Kier molecular flexibility index (Phi) is 3.78. The number of hydrogen-bond acceptors (Lipinski definition) is 4. The zero-order valence-electron chi connectivity index (χ0n) is 11.8. The fourth-order valence-electron chi connectivity index (χ4n) is 3.69. The van der Waals surface area contributed by atoms with Crippen molar-refractivity contribution in [1.29, 1.82) is 0 Å². The molecule has 0 bridgehead atoms. The molecule has 0 radical (unpaired) electrons. The quantitative estimate of drug-likeness (QED) is 0.898. The van der Waals surface area contributed by atoms with Crippen molar-refractivity contribution in [2.75, 3.05) is 13.2 Å². The summed E-state index contributed by atoms with van der Waals surface area (Å²) in [6.45, 7) is 1.48. The van der Waals surface area contributed by atoms with E-state index in [1.807, 2.05) is 11.3 Å². The first-order chi connectivity index (χ1) is 10.2. The summed E-state index contributed by atoms with van der Waals surface area (Å²) < 4.78 is 2.40. The van der Waals surface area contributed by atoms with Gasteiger partial charge in [-0.15, -0.1) is 11.3 Å². The minimum Gasteiger partial charge on any atom is -0.395 e. The highest BCUT2D eigenvalue weighted by Gasteiger charge is 2.40. The summed E-state index contributed by atoms with van der Waals surface area (Å²) in [5, 5.41) is 10.7. The number of likely N-dealkylation sites (tertiary alicyclic amines) is 1. The van der Waals surface area contributed by atoms with Crippen LogP contribution in [0.4, 0.5) is 0 Å². The SMILES string of the molecule is OC[C@@H]1CCCN1[C@H]1C[C@@H](c2nc3ccc(Br)cc3s2)C1. The first-order valence-electron chi connectivity index (χ1n) is 7.67. The molecule has 0 unspecified atom stereocenters. The van der Waals surface area contributed by atoms with Gasteiger partial charge < -0.3 is 5.11 Å². The van der Waals surface area contributed by atoms with Gasteiger partial charge in [-0.25, -0.2) is 4.98 Å². The van der Waals surface area contributed by atoms with Crippen molar-refractivity contribution in [1.82, 2.24) is 9.88 Å². The molecule has 1 aliphatic heterocycles. The minimum atomic E-state index is 0.316. The summed E-state index contributed by atoms with van der Waals surface area (Å²) in [5.74, 6) is 0.617. The molecule has 1 saturated carbocycles. The maximum absolute atomic E-state index is 9.45. The molecule has 1 aliphatic carbocycles. The van der Waals surface area contributed by atoms with Gasteiger partial charge in [-0.2, -0.15) is 0 Å². The Bertz CT molecular complexity index is 653. The van der Waals surface area contributed by atoms with Gasteiger partial charge in [0.25, 0.3) is 0 Å². The van der Waals surface area contributed by atoms with Gasteiger partial charge in [0.05, 0.1) is 21.8 Å². The monoisotopic (exact) mass is 366 g/mol. The van der Waals surface area contributed by atoms with Crippen LogP contribution < -0.4 is 0 Å². The highest BCUT2D eigenvalue weighted by molar-refractivity contribution is 9.10. The largest absolute Gasteiger partial charge is 0.395 e. The summed E-state index contributed by atoms with van der Waals surface area (Å²) in [7, 11) is 0. The van der Waals surface area contributed by atoms with Gasteiger partial charge in [-0.3, -0.25) is 4.90 Å². The predicted octanol–water partition coefficient (Wildman–Crippen LogP) is 3.76. The van der Waals surface area contributed by atoms with Crippen LogP contribution in [0.2, 0.25) is 0 Å². The van der Waals surface area contributed by atoms with Crippen molar-refractivity contribution >= 4 is 37.5 Å². The van der Waals surface area contributed by atoms with Gasteiger partial charge >= 0.3 is 0 Å². The van der Waals surface area contributed by atoms with E-state index in [0.29, 0.717) is 24.6 Å². The number of rotatable bonds is 3. The van der Waals surface area contributed by atoms with E-state index in [2.05, 4.69) is 39.0 Å². The lowest BCUT2D eigenvalue weighted by Gasteiger charge is -2.42. The second-order valence-electron chi connectivity index (χ2n) is 6.20. The first kappa shape index (κ1) is 14.1. The lowest BCUT2D eigenvalue weighted by molar-refractivity contribution is 0.0662. The van der Waals surface area contributed by atoms with Gasteiger partial charge in [0.1, 0.15) is 0 Å². The molecular weight excluding hydrogens is 348 g/mol. The normalized spacial score (nSPS) is 29.9. The zero-order valence-corrected chi connectivity index (χ0v) is 14.2. The molecule has 1 saturated heterocycles. The Morgan fingerprint density at radius 1 is 1.38 bits per heavy atom. The first-order valence-corrected chi connectivity index (χ1v) is 9.28. The van der Waals surface area contributed by atoms with Crippen molar-refractivity contribution in [3.63, 3.8) is 0 Å². The number of aliphatic hydroxyl groups is 1. The van der Waals surface area contributed by atoms with Gasteiger partial charge in [-0.05, 0) is 50.4 Å². The number of thiazole rings is 1. The fourth-order valence-corrected chi connectivity index (χ4v) is 5.33. The smallest absolute Gasteiger partial charge is 0.0970 e. The predicted molar refractivity (Wildman–Crippen MR) is 89.9 cm³/mol. The van der Waals surface area contributed by atoms with Crippen LogP contribution in [0.1, 0.15) is 36.6 Å². The number of aliphatic hydroxyl groups excluding tert-OH is 1. The third-order valence-electron chi connectivity index (χ3n) is 4.93. The van der Waals surface area contributed by atoms with Gasteiger partial charge in [-0.1, -0.05) is 15.9 Å². The second kappa shape index (κ2) is 5.61. The van der Waals surface area contributed by atoms with Gasteiger partial charge in [0.2, 0.25) is 0 Å². The summed E-state index contributed by atoms with van der Waals surface area (Å²) in [6.07, 6.45) is 4.81. The third kappa shape index (κ3) is 2.54. The number of hydrogen-bond donors (Lipinski definition) is 1. The number of fused-ring (bicyclic) bond motifs is 1. The molecule has 0 amide bonds. The zero-order chi connectivity index (χ0) is 14.4. The number of aromatic nitrogens is 1. The molecule has 2 aliphatic rings. The van der Waals surface area contributed by atoms with E-state index in [0.717, 1.165) is 23.0 Å². The van der Waals surface area contributed by atoms with Crippen molar-refractivity contribution < 1.29 is 5.11 Å². The molecule has 5 heteroatoms. The van der Waals surface area contributed by atoms with Crippen LogP contribution in [0, 0.1) is 0 Å². The van der Waals surface area contributed by atoms with Crippen LogP contribution in [0.3, 0.4) is 0 Å². The molecule has 21 heavy (non-hydrogen) atoms.